The van der Waals surface area contributed by atoms with Crippen molar-refractivity contribution >= 4 is 35.4 Å². The van der Waals surface area contributed by atoms with Crippen molar-refractivity contribution in [1.29, 1.82) is 0 Å². The lowest BCUT2D eigenvalue weighted by atomic mass is 9.84. The van der Waals surface area contributed by atoms with E-state index in [9.17, 15) is 14.0 Å². The Kier molecular flexibility index (Phi) is 6.25. The molecule has 0 N–H and O–H groups in total. The Bertz CT molecular complexity index is 779. The van der Waals surface area contributed by atoms with Gasteiger partial charge in [0.15, 0.2) is 0 Å². The first kappa shape index (κ1) is 20.8. The van der Waals surface area contributed by atoms with E-state index in [0.717, 1.165) is 38.5 Å². The summed E-state index contributed by atoms with van der Waals surface area (Å²) in [5.74, 6) is -0.0741. The molecule has 1 spiro atoms. The predicted octanol–water partition coefficient (Wildman–Crippen LogP) is 4.72. The quantitative estimate of drug-likeness (QED) is 0.636. The fourth-order valence-electron chi connectivity index (χ4n) is 4.64. The maximum absolute atomic E-state index is 13.1. The number of ether oxygens (including phenoxy) is 1. The summed E-state index contributed by atoms with van der Waals surface area (Å²) in [5.41, 5.74) is -0.270. The number of hydrogen-bond acceptors (Lipinski definition) is 4. The van der Waals surface area contributed by atoms with Gasteiger partial charge in [0.1, 0.15) is 11.4 Å². The second-order valence-corrected chi connectivity index (χ2v) is 9.64. The minimum Gasteiger partial charge on any atom is -0.441 e. The van der Waals surface area contributed by atoms with Crippen molar-refractivity contribution in [2.75, 3.05) is 25.4 Å². The second-order valence-electron chi connectivity index (χ2n) is 8.21. The van der Waals surface area contributed by atoms with E-state index in [-0.39, 0.29) is 35.2 Å². The number of carbonyl (C=O) groups excluding carboxylic acids is 2. The lowest BCUT2D eigenvalue weighted by molar-refractivity contribution is -0.129. The average Bonchev–Trinajstić information content (AvgIpc) is 3.03. The molecule has 8 heteroatoms. The molecule has 0 bridgehead atoms. The molecular weight excluding hydrogens is 415 g/mol. The molecular formula is C21H26ClFN2O3S. The van der Waals surface area contributed by atoms with Gasteiger partial charge in [-0.15, -0.1) is 11.8 Å². The van der Waals surface area contributed by atoms with Crippen LogP contribution in [0.5, 0.6) is 0 Å². The molecule has 2 aliphatic heterocycles. The van der Waals surface area contributed by atoms with Crippen LogP contribution in [0.15, 0.2) is 23.1 Å². The Morgan fingerprint density at radius 3 is 2.66 bits per heavy atom. The van der Waals surface area contributed by atoms with Gasteiger partial charge in [0.25, 0.3) is 0 Å². The number of carbonyl (C=O) groups is 2. The molecule has 1 saturated carbocycles. The van der Waals surface area contributed by atoms with Crippen molar-refractivity contribution in [2.24, 2.45) is 0 Å². The van der Waals surface area contributed by atoms with Gasteiger partial charge in [-0.3, -0.25) is 4.79 Å². The highest BCUT2D eigenvalue weighted by molar-refractivity contribution is 8.00. The first-order chi connectivity index (χ1) is 14.0. The Balaban J connectivity index is 1.27. The third-order valence-electron chi connectivity index (χ3n) is 6.26. The second kappa shape index (κ2) is 8.72. The van der Waals surface area contributed by atoms with Crippen molar-refractivity contribution in [2.45, 2.75) is 61.5 Å². The highest BCUT2D eigenvalue weighted by Gasteiger charge is 2.48. The van der Waals surface area contributed by atoms with Gasteiger partial charge in [-0.1, -0.05) is 18.0 Å². The van der Waals surface area contributed by atoms with Crippen LogP contribution < -0.4 is 0 Å². The van der Waals surface area contributed by atoms with Crippen LogP contribution in [0.4, 0.5) is 9.18 Å². The smallest absolute Gasteiger partial charge is 0.410 e. The van der Waals surface area contributed by atoms with Crippen LogP contribution in [-0.4, -0.2) is 58.8 Å². The lowest BCUT2D eigenvalue weighted by Crippen LogP contribution is -2.48. The van der Waals surface area contributed by atoms with E-state index in [4.69, 9.17) is 16.3 Å². The van der Waals surface area contributed by atoms with Gasteiger partial charge in [0.2, 0.25) is 5.91 Å². The highest BCUT2D eigenvalue weighted by atomic mass is 35.5. The summed E-state index contributed by atoms with van der Waals surface area (Å²) in [7, 11) is 0. The molecule has 3 aliphatic rings. The van der Waals surface area contributed by atoms with Crippen molar-refractivity contribution in [3.63, 3.8) is 0 Å². The Labute approximate surface area is 179 Å². The zero-order chi connectivity index (χ0) is 20.4. The summed E-state index contributed by atoms with van der Waals surface area (Å²) in [5, 5.41) is 0.325. The fourth-order valence-corrected chi connectivity index (χ4v) is 5.79. The Morgan fingerprint density at radius 1 is 1.24 bits per heavy atom. The molecule has 0 aromatic heterocycles. The van der Waals surface area contributed by atoms with E-state index >= 15 is 0 Å². The molecule has 2 heterocycles. The third-order valence-corrected chi connectivity index (χ3v) is 7.75. The van der Waals surface area contributed by atoms with Gasteiger partial charge in [-0.2, -0.15) is 0 Å². The fraction of sp³-hybridized carbons (Fsp3) is 0.619. The normalized spacial score (nSPS) is 22.2. The van der Waals surface area contributed by atoms with Crippen LogP contribution in [0, 0.1) is 5.82 Å². The van der Waals surface area contributed by atoms with Gasteiger partial charge in [-0.05, 0) is 56.7 Å². The molecule has 1 aliphatic carbocycles. The molecule has 29 heavy (non-hydrogen) atoms. The zero-order valence-electron chi connectivity index (χ0n) is 16.4. The van der Waals surface area contributed by atoms with Gasteiger partial charge in [0, 0.05) is 24.0 Å². The minimum atomic E-state index is -0.386. The van der Waals surface area contributed by atoms with Crippen LogP contribution in [0.3, 0.4) is 0 Å². The molecule has 158 valence electrons. The Hall–Kier alpha value is -1.47. The number of nitrogens with zero attached hydrogens (tertiary/aromatic N) is 2. The van der Waals surface area contributed by atoms with Crippen molar-refractivity contribution in [3.05, 3.63) is 29.0 Å². The van der Waals surface area contributed by atoms with E-state index < -0.39 is 0 Å². The molecule has 0 unspecified atom stereocenters. The van der Waals surface area contributed by atoms with Crippen LogP contribution >= 0.6 is 23.4 Å². The summed E-state index contributed by atoms with van der Waals surface area (Å²) in [6.45, 7) is 1.97. The average molecular weight is 441 g/mol. The largest absolute Gasteiger partial charge is 0.441 e. The maximum Gasteiger partial charge on any atom is 0.410 e. The number of benzene rings is 1. The standard InChI is InChI=1S/C21H26ClFN2O3S/c22-17-12-15(23)4-5-18(17)29-13-19(26)24-10-6-16(7-11-24)25-14-21(28-20(25)27)8-2-1-3-9-21/h4-5,12,16H,1-3,6-11,13-14H2. The number of amides is 2. The summed E-state index contributed by atoms with van der Waals surface area (Å²) in [6, 6.07) is 4.35. The zero-order valence-corrected chi connectivity index (χ0v) is 17.9. The number of likely N-dealkylation sites (tertiary alicyclic amines) is 1. The van der Waals surface area contributed by atoms with E-state index in [1.54, 1.807) is 6.07 Å². The van der Waals surface area contributed by atoms with E-state index in [1.165, 1.54) is 30.3 Å². The van der Waals surface area contributed by atoms with Crippen LogP contribution in [-0.2, 0) is 9.53 Å². The first-order valence-corrected chi connectivity index (χ1v) is 11.7. The Morgan fingerprint density at radius 2 is 1.97 bits per heavy atom. The molecule has 5 nitrogen and oxygen atoms in total. The first-order valence-electron chi connectivity index (χ1n) is 10.3. The van der Waals surface area contributed by atoms with Crippen molar-refractivity contribution < 1.29 is 18.7 Å². The van der Waals surface area contributed by atoms with E-state index in [1.807, 2.05) is 9.80 Å². The van der Waals surface area contributed by atoms with Gasteiger partial charge in [-0.25, -0.2) is 9.18 Å². The van der Waals surface area contributed by atoms with E-state index in [0.29, 0.717) is 29.6 Å². The number of rotatable bonds is 4. The SMILES string of the molecule is O=C(CSc1ccc(F)cc1Cl)N1CCC(N2CC3(CCCCC3)OC2=O)CC1. The van der Waals surface area contributed by atoms with Crippen LogP contribution in [0.1, 0.15) is 44.9 Å². The third kappa shape index (κ3) is 4.66. The minimum absolute atomic E-state index is 0.0431. The van der Waals surface area contributed by atoms with E-state index in [2.05, 4.69) is 0 Å². The molecule has 0 atom stereocenters. The number of hydrogen-bond donors (Lipinski definition) is 0. The molecule has 1 aromatic carbocycles. The molecule has 1 aromatic rings. The highest BCUT2D eigenvalue weighted by Crippen LogP contribution is 2.38. The summed E-state index contributed by atoms with van der Waals surface area (Å²) in [4.78, 5) is 29.5. The number of thioether (sulfide) groups is 1. The monoisotopic (exact) mass is 440 g/mol. The van der Waals surface area contributed by atoms with Crippen molar-refractivity contribution in [1.82, 2.24) is 9.80 Å². The van der Waals surface area contributed by atoms with Crippen LogP contribution in [0.2, 0.25) is 5.02 Å². The summed E-state index contributed by atoms with van der Waals surface area (Å²) in [6.07, 6.45) is 6.79. The lowest BCUT2D eigenvalue weighted by Gasteiger charge is -2.36. The molecule has 2 saturated heterocycles. The molecule has 4 rings (SSSR count). The number of halogens is 2. The predicted molar refractivity (Wildman–Crippen MR) is 111 cm³/mol. The maximum atomic E-state index is 13.1. The number of piperidine rings is 1. The molecule has 2 amide bonds. The topological polar surface area (TPSA) is 49.9 Å². The molecule has 3 fully saturated rings. The van der Waals surface area contributed by atoms with Gasteiger partial charge >= 0.3 is 6.09 Å². The molecule has 0 radical (unpaired) electrons. The van der Waals surface area contributed by atoms with Gasteiger partial charge < -0.3 is 14.5 Å². The van der Waals surface area contributed by atoms with Gasteiger partial charge in [0.05, 0.1) is 17.3 Å². The summed E-state index contributed by atoms with van der Waals surface area (Å²) >= 11 is 7.36. The summed E-state index contributed by atoms with van der Waals surface area (Å²) < 4.78 is 18.9. The van der Waals surface area contributed by atoms with Crippen molar-refractivity contribution in [3.8, 4) is 0 Å². The van der Waals surface area contributed by atoms with Crippen LogP contribution in [0.25, 0.3) is 0 Å².